The summed E-state index contributed by atoms with van der Waals surface area (Å²) in [5.41, 5.74) is 4.59. The van der Waals surface area contributed by atoms with E-state index in [0.29, 0.717) is 0 Å². The number of nitrogens with two attached hydrogens (primary N) is 1. The highest BCUT2D eigenvalue weighted by atomic mass is 31.3. The summed E-state index contributed by atoms with van der Waals surface area (Å²) in [5.74, 6) is -0.266. The van der Waals surface area contributed by atoms with Gasteiger partial charge < -0.3 is 50.5 Å². The number of phosphoric ester groups is 2. The molecule has 0 aliphatic carbocycles. The van der Waals surface area contributed by atoms with Gasteiger partial charge in [-0.3, -0.25) is 23.4 Å². The molecule has 2 aliphatic heterocycles. The topological polar surface area (TPSA) is 311 Å². The van der Waals surface area contributed by atoms with Crippen LogP contribution in [-0.2, 0) is 32.0 Å². The van der Waals surface area contributed by atoms with E-state index in [0.717, 1.165) is 10.9 Å². The van der Waals surface area contributed by atoms with Crippen LogP contribution >= 0.6 is 15.6 Å². The van der Waals surface area contributed by atoms with Gasteiger partial charge in [0, 0.05) is 0 Å². The smallest absolute Gasteiger partial charge is 0.388 e. The van der Waals surface area contributed by atoms with Gasteiger partial charge in [0.15, 0.2) is 23.7 Å². The number of aromatic amines is 1. The summed E-state index contributed by atoms with van der Waals surface area (Å²) in [6, 6.07) is 0. The van der Waals surface area contributed by atoms with Crippen molar-refractivity contribution in [2.45, 2.75) is 62.2 Å². The third-order valence-electron chi connectivity index (χ3n) is 5.72. The first kappa shape index (κ1) is 29.1. The van der Waals surface area contributed by atoms with Crippen LogP contribution in [0.3, 0.4) is 0 Å². The average Bonchev–Trinajstić information content (AvgIpc) is 3.35. The molecular weight excluding hydrogens is 564 g/mol. The van der Waals surface area contributed by atoms with Gasteiger partial charge in [-0.15, -0.1) is 0 Å². The van der Waals surface area contributed by atoms with Gasteiger partial charge in [0.2, 0.25) is 5.95 Å². The van der Waals surface area contributed by atoms with Crippen LogP contribution in [0.4, 0.5) is 5.95 Å². The van der Waals surface area contributed by atoms with Crippen molar-refractivity contribution in [3.05, 3.63) is 16.7 Å². The Balaban J connectivity index is 1.39. The van der Waals surface area contributed by atoms with Crippen LogP contribution < -0.4 is 11.3 Å². The number of H-pyrrole nitrogens is 1. The Morgan fingerprint density at radius 3 is 2.42 bits per heavy atom. The van der Waals surface area contributed by atoms with Gasteiger partial charge in [-0.1, -0.05) is 0 Å². The molecule has 10 N–H and O–H groups in total. The monoisotopic (exact) mass is 589 g/mol. The lowest BCUT2D eigenvalue weighted by Crippen LogP contribution is -2.57. The molecule has 20 nitrogen and oxygen atoms in total. The van der Waals surface area contributed by atoms with Gasteiger partial charge >= 0.3 is 15.6 Å². The third-order valence-corrected chi connectivity index (χ3v) is 8.32. The first-order chi connectivity index (χ1) is 17.6. The van der Waals surface area contributed by atoms with E-state index in [1.807, 2.05) is 0 Å². The third kappa shape index (κ3) is 5.83. The van der Waals surface area contributed by atoms with E-state index in [9.17, 15) is 49.2 Å². The largest absolute Gasteiger partial charge is 0.483 e. The summed E-state index contributed by atoms with van der Waals surface area (Å²) in [6.45, 7) is 0.291. The number of fused-ring (bicyclic) bond motifs is 1. The summed E-state index contributed by atoms with van der Waals surface area (Å²) in [5, 5.41) is 50.0. The van der Waals surface area contributed by atoms with Crippen molar-refractivity contribution in [3.63, 3.8) is 0 Å². The highest BCUT2D eigenvalue weighted by molar-refractivity contribution is 7.61. The zero-order chi connectivity index (χ0) is 28.2. The number of anilines is 1. The molecular formula is C16H25N5O15P2. The van der Waals surface area contributed by atoms with E-state index < -0.39 is 83.1 Å². The minimum Gasteiger partial charge on any atom is -0.388 e. The van der Waals surface area contributed by atoms with E-state index in [2.05, 4.69) is 28.3 Å². The number of hydrogen-bond acceptors (Lipinski definition) is 16. The van der Waals surface area contributed by atoms with Crippen molar-refractivity contribution in [2.75, 3.05) is 12.3 Å². The molecule has 0 saturated carbocycles. The minimum absolute atomic E-state index is 0.0994. The highest BCUT2D eigenvalue weighted by Crippen LogP contribution is 2.61. The SMILES string of the molecule is CC1O[C@H](OP(=O)(O)OP(=O)(O)OC[C@H]2O[C@@H](n3cnc4c(=O)[nH]c(N)nc43)C(O)[C@@H]2O)[C@@H](O)C(O)C1O. The Morgan fingerprint density at radius 1 is 1.05 bits per heavy atom. The minimum atomic E-state index is -5.50. The number of nitrogens with one attached hydrogen (secondary N) is 1. The van der Waals surface area contributed by atoms with Crippen LogP contribution in [0.25, 0.3) is 11.2 Å². The van der Waals surface area contributed by atoms with Crippen molar-refractivity contribution in [1.29, 1.82) is 0 Å². The van der Waals surface area contributed by atoms with Gasteiger partial charge in [-0.2, -0.15) is 9.29 Å². The van der Waals surface area contributed by atoms with E-state index in [-0.39, 0.29) is 17.1 Å². The van der Waals surface area contributed by atoms with Gasteiger partial charge in [-0.05, 0) is 6.92 Å². The number of hydrogen-bond donors (Lipinski definition) is 9. The number of nitrogens with zero attached hydrogens (tertiary/aromatic N) is 3. The van der Waals surface area contributed by atoms with E-state index in [1.54, 1.807) is 0 Å². The Kier molecular flexibility index (Phi) is 8.12. The molecule has 0 bridgehead atoms. The van der Waals surface area contributed by atoms with Crippen LogP contribution in [0, 0.1) is 0 Å². The van der Waals surface area contributed by atoms with Crippen molar-refractivity contribution < 1.29 is 67.3 Å². The Bertz CT molecular complexity index is 1320. The molecule has 2 saturated heterocycles. The number of imidazole rings is 1. The Morgan fingerprint density at radius 2 is 1.74 bits per heavy atom. The van der Waals surface area contributed by atoms with Crippen LogP contribution in [0.2, 0.25) is 0 Å². The molecule has 0 aromatic carbocycles. The average molecular weight is 589 g/mol. The number of rotatable bonds is 8. The number of phosphoric acid groups is 2. The zero-order valence-corrected chi connectivity index (χ0v) is 21.0. The van der Waals surface area contributed by atoms with E-state index >= 15 is 0 Å². The number of aliphatic hydroxyl groups excluding tert-OH is 5. The first-order valence-electron chi connectivity index (χ1n) is 10.7. The molecule has 6 unspecified atom stereocenters. The molecule has 2 aliphatic rings. The highest BCUT2D eigenvalue weighted by Gasteiger charge is 2.49. The zero-order valence-electron chi connectivity index (χ0n) is 19.2. The first-order valence-corrected chi connectivity index (χ1v) is 13.7. The van der Waals surface area contributed by atoms with Crippen LogP contribution in [0.1, 0.15) is 13.2 Å². The maximum Gasteiger partial charge on any atom is 0.483 e. The number of ether oxygens (including phenoxy) is 2. The van der Waals surface area contributed by atoms with Gasteiger partial charge in [0.1, 0.15) is 36.6 Å². The molecule has 0 radical (unpaired) electrons. The maximum absolute atomic E-state index is 12.3. The molecule has 0 amide bonds. The van der Waals surface area contributed by atoms with Crippen molar-refractivity contribution in [2.24, 2.45) is 0 Å². The molecule has 4 heterocycles. The van der Waals surface area contributed by atoms with E-state index in [1.165, 1.54) is 6.92 Å². The van der Waals surface area contributed by atoms with Crippen LogP contribution in [0.15, 0.2) is 11.1 Å². The molecule has 2 aromatic heterocycles. The molecule has 38 heavy (non-hydrogen) atoms. The predicted molar refractivity (Wildman–Crippen MR) is 119 cm³/mol. The second kappa shape index (κ2) is 10.6. The number of aliphatic hydroxyl groups is 5. The fourth-order valence-corrected chi connectivity index (χ4v) is 5.96. The summed E-state index contributed by atoms with van der Waals surface area (Å²) in [6.07, 6.45) is -13.8. The van der Waals surface area contributed by atoms with Crippen molar-refractivity contribution in [3.8, 4) is 0 Å². The summed E-state index contributed by atoms with van der Waals surface area (Å²) < 4.78 is 49.3. The Hall–Kier alpha value is -1.87. The second-order valence-corrected chi connectivity index (χ2v) is 11.4. The van der Waals surface area contributed by atoms with Crippen LogP contribution in [-0.4, -0.2) is 110 Å². The molecule has 214 valence electrons. The fraction of sp³-hybridized carbons (Fsp3) is 0.688. The summed E-state index contributed by atoms with van der Waals surface area (Å²) in [4.78, 5) is 41.7. The van der Waals surface area contributed by atoms with Crippen molar-refractivity contribution in [1.82, 2.24) is 19.5 Å². The number of nitrogen functional groups attached to an aromatic ring is 1. The van der Waals surface area contributed by atoms with Gasteiger partial charge in [-0.25, -0.2) is 14.1 Å². The van der Waals surface area contributed by atoms with Crippen molar-refractivity contribution >= 4 is 32.8 Å². The van der Waals surface area contributed by atoms with Crippen LogP contribution in [0.5, 0.6) is 0 Å². The normalized spacial score (nSPS) is 37.2. The summed E-state index contributed by atoms with van der Waals surface area (Å²) >= 11 is 0. The summed E-state index contributed by atoms with van der Waals surface area (Å²) in [7, 11) is -10.9. The predicted octanol–water partition coefficient (Wildman–Crippen LogP) is -3.60. The standard InChI is InChI=1S/C16H25N5O15P2/c1-4-7(22)9(24)11(26)15(33-4)35-38(30,31)36-37(28,29)32-2-5-8(23)10(25)14(34-5)21-3-18-6-12(21)19-16(17)20-13(6)27/h3-5,7-11,14-15,22-26H,2H2,1H3,(H,28,29)(H,30,31)(H3,17,19,20,27)/t4?,5-,7?,8-,9?,10?,11+,14-,15-/m1/s1. The van der Waals surface area contributed by atoms with E-state index in [4.69, 9.17) is 15.2 Å². The molecule has 2 aromatic rings. The van der Waals surface area contributed by atoms with Gasteiger partial charge in [0.25, 0.3) is 5.56 Å². The fourth-order valence-electron chi connectivity index (χ4n) is 3.80. The molecule has 0 spiro atoms. The lowest BCUT2D eigenvalue weighted by atomic mass is 10.0. The quantitative estimate of drug-likeness (QED) is 0.134. The second-order valence-electron chi connectivity index (χ2n) is 8.42. The maximum atomic E-state index is 12.3. The molecule has 2 fully saturated rings. The molecule has 11 atom stereocenters. The Labute approximate surface area is 211 Å². The van der Waals surface area contributed by atoms with Gasteiger partial charge in [0.05, 0.1) is 19.0 Å². The number of aromatic nitrogens is 4. The molecule has 22 heteroatoms. The lowest BCUT2D eigenvalue weighted by Gasteiger charge is -2.38. The molecule has 4 rings (SSSR count). The lowest BCUT2D eigenvalue weighted by molar-refractivity contribution is -0.271.